The molecule has 0 saturated carbocycles. The zero-order valence-electron chi connectivity index (χ0n) is 18.6. The number of carboxylic acids is 1. The molecule has 0 radical (unpaired) electrons. The second kappa shape index (κ2) is 9.86. The Morgan fingerprint density at radius 1 is 1.03 bits per heavy atom. The van der Waals surface area contributed by atoms with Crippen LogP contribution < -0.4 is 10.5 Å². The molecule has 0 unspecified atom stereocenters. The lowest BCUT2D eigenvalue weighted by atomic mass is 9.98. The van der Waals surface area contributed by atoms with Crippen LogP contribution >= 0.6 is 0 Å². The number of imidazole rings is 1. The van der Waals surface area contributed by atoms with E-state index in [-0.39, 0.29) is 5.56 Å². The van der Waals surface area contributed by atoms with Gasteiger partial charge in [-0.3, -0.25) is 9.51 Å². The van der Waals surface area contributed by atoms with E-state index in [1.807, 2.05) is 55.5 Å². The van der Waals surface area contributed by atoms with Gasteiger partial charge in [-0.05, 0) is 30.7 Å². The fraction of sp³-hybridized carbons (Fsp3) is 0.120. The number of fused-ring (bicyclic) bond motifs is 1. The maximum atomic E-state index is 11.2. The average molecular weight is 458 g/mol. The molecule has 5 aromatic rings. The lowest BCUT2D eigenvalue weighted by Crippen LogP contribution is -1.99. The first kappa shape index (κ1) is 22.5. The van der Waals surface area contributed by atoms with Crippen LogP contribution in [0, 0.1) is 0 Å². The van der Waals surface area contributed by atoms with Crippen LogP contribution in [0.5, 0.6) is 5.75 Å². The van der Waals surface area contributed by atoms with Crippen molar-refractivity contribution in [1.82, 2.24) is 19.7 Å². The normalized spacial score (nSPS) is 10.5. The minimum atomic E-state index is -0.922. The zero-order chi connectivity index (χ0) is 24.1. The molecule has 3 aromatic carbocycles. The number of hydrogen-bond donors (Lipinski definition) is 2. The summed E-state index contributed by atoms with van der Waals surface area (Å²) in [6, 6.07) is 20.5. The Bertz CT molecular complexity index is 1500. The van der Waals surface area contributed by atoms with Crippen molar-refractivity contribution >= 4 is 17.0 Å². The lowest BCUT2D eigenvalue weighted by molar-refractivity contribution is 0.0698. The molecule has 0 fully saturated rings. The SMILES string of the molecule is CCOc1ccccc1-c1ccccc1-c1noc(=O)[nH]1.Cn1cnc2cccc(C(=O)O)c21. The second-order valence-corrected chi connectivity index (χ2v) is 7.25. The van der Waals surface area contributed by atoms with Crippen molar-refractivity contribution < 1.29 is 19.2 Å². The van der Waals surface area contributed by atoms with Gasteiger partial charge in [-0.1, -0.05) is 53.7 Å². The summed E-state index contributed by atoms with van der Waals surface area (Å²) in [4.78, 5) is 28.6. The van der Waals surface area contributed by atoms with Crippen LogP contribution in [-0.4, -0.2) is 37.4 Å². The number of aromatic carboxylic acids is 1. The van der Waals surface area contributed by atoms with Gasteiger partial charge in [0.15, 0.2) is 5.82 Å². The van der Waals surface area contributed by atoms with Crippen LogP contribution in [0.2, 0.25) is 0 Å². The summed E-state index contributed by atoms with van der Waals surface area (Å²) in [5.74, 6) is -0.299. The molecule has 9 nitrogen and oxygen atoms in total. The number of hydrogen-bond acceptors (Lipinski definition) is 6. The highest BCUT2D eigenvalue weighted by Crippen LogP contribution is 2.35. The summed E-state index contributed by atoms with van der Waals surface area (Å²) >= 11 is 0. The quantitative estimate of drug-likeness (QED) is 0.401. The van der Waals surface area contributed by atoms with E-state index in [4.69, 9.17) is 9.84 Å². The topological polar surface area (TPSA) is 123 Å². The Morgan fingerprint density at radius 3 is 2.41 bits per heavy atom. The third-order valence-electron chi connectivity index (χ3n) is 5.07. The van der Waals surface area contributed by atoms with E-state index in [9.17, 15) is 9.59 Å². The van der Waals surface area contributed by atoms with Crippen molar-refractivity contribution in [2.24, 2.45) is 7.05 Å². The molecular formula is C25H22N4O5. The van der Waals surface area contributed by atoms with Crippen molar-refractivity contribution in [2.75, 3.05) is 6.61 Å². The number of carboxylic acid groups (broad SMARTS) is 1. The predicted octanol–water partition coefficient (Wildman–Crippen LogP) is 4.37. The summed E-state index contributed by atoms with van der Waals surface area (Å²) in [5, 5.41) is 12.6. The highest BCUT2D eigenvalue weighted by molar-refractivity contribution is 6.01. The maximum absolute atomic E-state index is 11.2. The van der Waals surface area contributed by atoms with Crippen LogP contribution in [0.3, 0.4) is 0 Å². The van der Waals surface area contributed by atoms with Crippen LogP contribution in [0.25, 0.3) is 33.5 Å². The van der Waals surface area contributed by atoms with Gasteiger partial charge in [0.1, 0.15) is 5.75 Å². The first-order chi connectivity index (χ1) is 16.5. The zero-order valence-corrected chi connectivity index (χ0v) is 18.6. The van der Waals surface area contributed by atoms with Crippen LogP contribution in [0.15, 0.2) is 82.4 Å². The number of carbonyl (C=O) groups is 1. The minimum Gasteiger partial charge on any atom is -0.493 e. The fourth-order valence-electron chi connectivity index (χ4n) is 3.63. The molecule has 0 aliphatic heterocycles. The van der Waals surface area contributed by atoms with Crippen molar-refractivity contribution in [1.29, 1.82) is 0 Å². The van der Waals surface area contributed by atoms with E-state index in [1.54, 1.807) is 36.1 Å². The molecule has 0 aliphatic rings. The maximum Gasteiger partial charge on any atom is 0.439 e. The van der Waals surface area contributed by atoms with Crippen LogP contribution in [-0.2, 0) is 7.05 Å². The molecule has 0 aliphatic carbocycles. The third kappa shape index (κ3) is 4.58. The van der Waals surface area contributed by atoms with Crippen molar-refractivity contribution in [2.45, 2.75) is 6.92 Å². The Morgan fingerprint density at radius 2 is 1.74 bits per heavy atom. The summed E-state index contributed by atoms with van der Waals surface area (Å²) in [6.07, 6.45) is 1.61. The number of aromatic nitrogens is 4. The standard InChI is InChI=1S/C16H14N2O3.C9H8N2O2/c1-2-20-14-10-6-5-8-12(14)11-7-3-4-9-13(11)15-17-16(19)21-18-15;1-11-5-10-7-4-2-3-6(8(7)11)9(12)13/h3-10H,2H2,1H3,(H,17,18,19);2-5H,1H3,(H,12,13). The molecule has 2 N–H and O–H groups in total. The van der Waals surface area contributed by atoms with Gasteiger partial charge in [-0.2, -0.15) is 0 Å². The predicted molar refractivity (Wildman–Crippen MR) is 127 cm³/mol. The molecule has 34 heavy (non-hydrogen) atoms. The second-order valence-electron chi connectivity index (χ2n) is 7.25. The summed E-state index contributed by atoms with van der Waals surface area (Å²) in [7, 11) is 1.78. The molecule has 2 aromatic heterocycles. The Hall–Kier alpha value is -4.66. The first-order valence-corrected chi connectivity index (χ1v) is 10.5. The van der Waals surface area contributed by atoms with Gasteiger partial charge in [-0.25, -0.2) is 14.6 Å². The largest absolute Gasteiger partial charge is 0.493 e. The molecule has 0 bridgehead atoms. The number of benzene rings is 3. The average Bonchev–Trinajstić information content (AvgIpc) is 3.46. The van der Waals surface area contributed by atoms with E-state index in [0.29, 0.717) is 23.5 Å². The fourth-order valence-corrected chi connectivity index (χ4v) is 3.63. The van der Waals surface area contributed by atoms with E-state index in [1.165, 1.54) is 0 Å². The molecular weight excluding hydrogens is 436 g/mol. The number of aromatic amines is 1. The van der Waals surface area contributed by atoms with Crippen molar-refractivity contribution in [3.8, 4) is 28.3 Å². The van der Waals surface area contributed by atoms with Crippen LogP contribution in [0.1, 0.15) is 17.3 Å². The summed E-state index contributed by atoms with van der Waals surface area (Å²) in [5.41, 5.74) is 4.32. The molecule has 9 heteroatoms. The molecule has 0 atom stereocenters. The summed E-state index contributed by atoms with van der Waals surface area (Å²) < 4.78 is 12.0. The molecule has 5 rings (SSSR count). The number of para-hydroxylation sites is 2. The Balaban J connectivity index is 0.000000180. The first-order valence-electron chi connectivity index (χ1n) is 10.5. The number of aryl methyl sites for hydroxylation is 1. The highest BCUT2D eigenvalue weighted by Gasteiger charge is 2.14. The van der Waals surface area contributed by atoms with Gasteiger partial charge in [0, 0.05) is 18.2 Å². The van der Waals surface area contributed by atoms with Gasteiger partial charge in [0.05, 0.1) is 29.5 Å². The van der Waals surface area contributed by atoms with Crippen molar-refractivity contribution in [3.05, 3.63) is 89.2 Å². The highest BCUT2D eigenvalue weighted by atomic mass is 16.5. The van der Waals surface area contributed by atoms with E-state index in [0.717, 1.165) is 22.4 Å². The lowest BCUT2D eigenvalue weighted by Gasteiger charge is -2.12. The van der Waals surface area contributed by atoms with Gasteiger partial charge in [-0.15, -0.1) is 0 Å². The Kier molecular flexibility index (Phi) is 6.54. The van der Waals surface area contributed by atoms with Gasteiger partial charge in [0.2, 0.25) is 0 Å². The smallest absolute Gasteiger partial charge is 0.439 e. The Labute approximate surface area is 194 Å². The van der Waals surface area contributed by atoms with E-state index in [2.05, 4.69) is 19.6 Å². The molecule has 0 amide bonds. The van der Waals surface area contributed by atoms with Gasteiger partial charge < -0.3 is 14.4 Å². The van der Waals surface area contributed by atoms with Gasteiger partial charge in [0.25, 0.3) is 0 Å². The van der Waals surface area contributed by atoms with E-state index < -0.39 is 11.7 Å². The number of H-pyrrole nitrogens is 1. The number of ether oxygens (including phenoxy) is 1. The molecule has 0 spiro atoms. The number of nitrogens with zero attached hydrogens (tertiary/aromatic N) is 3. The summed E-state index contributed by atoms with van der Waals surface area (Å²) in [6.45, 7) is 2.53. The molecule has 2 heterocycles. The minimum absolute atomic E-state index is 0.289. The van der Waals surface area contributed by atoms with E-state index >= 15 is 0 Å². The van der Waals surface area contributed by atoms with Crippen molar-refractivity contribution in [3.63, 3.8) is 0 Å². The molecule has 172 valence electrons. The molecule has 0 saturated heterocycles. The third-order valence-corrected chi connectivity index (χ3v) is 5.07. The number of nitrogens with one attached hydrogen (secondary N) is 1. The number of rotatable bonds is 5. The monoisotopic (exact) mass is 458 g/mol. The van der Waals surface area contributed by atoms with Crippen LogP contribution in [0.4, 0.5) is 0 Å². The van der Waals surface area contributed by atoms with Gasteiger partial charge >= 0.3 is 11.7 Å².